The molecule has 0 bridgehead atoms. The summed E-state index contributed by atoms with van der Waals surface area (Å²) in [6, 6.07) is 3.76. The fraction of sp³-hybridized carbons (Fsp3) is 0.556. The third-order valence-corrected chi connectivity index (χ3v) is 5.49. The van der Waals surface area contributed by atoms with Gasteiger partial charge in [0.25, 0.3) is 0 Å². The van der Waals surface area contributed by atoms with Crippen LogP contribution in [0.1, 0.15) is 58.3 Å². The first-order chi connectivity index (χ1) is 12.1. The van der Waals surface area contributed by atoms with Crippen molar-refractivity contribution in [1.29, 1.82) is 0 Å². The van der Waals surface area contributed by atoms with Crippen molar-refractivity contribution in [1.82, 2.24) is 20.1 Å². The lowest BCUT2D eigenvalue weighted by atomic mass is 10.2. The number of aromatic nitrogens is 3. The number of hydrogen-bond acceptors (Lipinski definition) is 5. The summed E-state index contributed by atoms with van der Waals surface area (Å²) in [5.41, 5.74) is 0. The lowest BCUT2D eigenvalue weighted by molar-refractivity contribution is -0.121. The molecule has 1 amide bonds. The molecule has 7 heteroatoms. The zero-order valence-corrected chi connectivity index (χ0v) is 15.4. The summed E-state index contributed by atoms with van der Waals surface area (Å²) in [4.78, 5) is 25.8. The highest BCUT2D eigenvalue weighted by atomic mass is 32.1. The number of thiophene rings is 1. The topological polar surface area (TPSA) is 76.9 Å². The van der Waals surface area contributed by atoms with Gasteiger partial charge in [-0.1, -0.05) is 6.42 Å². The highest BCUT2D eigenvalue weighted by Gasteiger charge is 2.15. The summed E-state index contributed by atoms with van der Waals surface area (Å²) in [6.45, 7) is 3.48. The largest absolute Gasteiger partial charge is 0.356 e. The molecule has 0 unspecified atom stereocenters. The van der Waals surface area contributed by atoms with E-state index in [1.54, 1.807) is 0 Å². The van der Waals surface area contributed by atoms with E-state index in [0.29, 0.717) is 13.0 Å². The molecule has 25 heavy (non-hydrogen) atoms. The first-order valence-electron chi connectivity index (χ1n) is 8.91. The van der Waals surface area contributed by atoms with Crippen molar-refractivity contribution in [3.8, 4) is 0 Å². The van der Waals surface area contributed by atoms with Crippen LogP contribution in [-0.4, -0.2) is 33.0 Å². The maximum atomic E-state index is 12.0. The number of ketones is 1. The Kier molecular flexibility index (Phi) is 5.96. The molecule has 0 aliphatic carbocycles. The molecule has 3 rings (SSSR count). The Balaban J connectivity index is 1.41. The molecule has 2 aromatic heterocycles. The Morgan fingerprint density at radius 2 is 2.08 bits per heavy atom. The fourth-order valence-corrected chi connectivity index (χ4v) is 3.90. The van der Waals surface area contributed by atoms with Crippen LogP contribution < -0.4 is 5.32 Å². The van der Waals surface area contributed by atoms with Gasteiger partial charge in [0.05, 0.1) is 4.88 Å². The highest BCUT2D eigenvalue weighted by Crippen LogP contribution is 2.17. The third kappa shape index (κ3) is 4.75. The van der Waals surface area contributed by atoms with E-state index in [9.17, 15) is 9.59 Å². The molecule has 0 spiro atoms. The number of rotatable bonds is 7. The highest BCUT2D eigenvalue weighted by molar-refractivity contribution is 7.14. The van der Waals surface area contributed by atoms with Crippen molar-refractivity contribution in [3.05, 3.63) is 33.5 Å². The second kappa shape index (κ2) is 8.38. The van der Waals surface area contributed by atoms with Gasteiger partial charge in [-0.25, -0.2) is 0 Å². The van der Waals surface area contributed by atoms with Gasteiger partial charge in [0.2, 0.25) is 5.91 Å². The van der Waals surface area contributed by atoms with Crippen molar-refractivity contribution in [2.75, 3.05) is 6.54 Å². The molecule has 0 fully saturated rings. The minimum absolute atomic E-state index is 0.0380. The Morgan fingerprint density at radius 3 is 2.88 bits per heavy atom. The summed E-state index contributed by atoms with van der Waals surface area (Å²) >= 11 is 1.48. The predicted molar refractivity (Wildman–Crippen MR) is 96.9 cm³/mol. The van der Waals surface area contributed by atoms with Crippen LogP contribution in [0.5, 0.6) is 0 Å². The molecule has 1 aliphatic heterocycles. The van der Waals surface area contributed by atoms with Crippen LogP contribution in [0, 0.1) is 6.92 Å². The lowest BCUT2D eigenvalue weighted by Gasteiger charge is -2.08. The molecule has 3 heterocycles. The summed E-state index contributed by atoms with van der Waals surface area (Å²) in [5.74, 6) is 1.96. The molecule has 134 valence electrons. The van der Waals surface area contributed by atoms with Crippen LogP contribution in [0.15, 0.2) is 12.1 Å². The predicted octanol–water partition coefficient (Wildman–Crippen LogP) is 2.70. The van der Waals surface area contributed by atoms with Crippen molar-refractivity contribution < 1.29 is 9.59 Å². The molecule has 1 N–H and O–H groups in total. The molecule has 0 aromatic carbocycles. The molecule has 0 atom stereocenters. The Morgan fingerprint density at radius 1 is 1.20 bits per heavy atom. The van der Waals surface area contributed by atoms with Crippen molar-refractivity contribution in [3.63, 3.8) is 0 Å². The maximum Gasteiger partial charge on any atom is 0.220 e. The third-order valence-electron chi connectivity index (χ3n) is 4.45. The van der Waals surface area contributed by atoms with E-state index in [4.69, 9.17) is 0 Å². The van der Waals surface area contributed by atoms with E-state index < -0.39 is 0 Å². The van der Waals surface area contributed by atoms with E-state index >= 15 is 0 Å². The van der Waals surface area contributed by atoms with Gasteiger partial charge in [-0.2, -0.15) is 0 Å². The summed E-state index contributed by atoms with van der Waals surface area (Å²) in [7, 11) is 0. The van der Waals surface area contributed by atoms with Crippen LogP contribution in [0.4, 0.5) is 0 Å². The van der Waals surface area contributed by atoms with Gasteiger partial charge in [0, 0.05) is 43.6 Å². The number of Topliss-reactive ketones (excluding diaryl/α,β-unsaturated/α-hetero) is 1. The molecular weight excluding hydrogens is 336 g/mol. The normalized spacial score (nSPS) is 14.0. The molecular formula is C18H24N4O2S. The Labute approximate surface area is 151 Å². The van der Waals surface area contributed by atoms with E-state index in [1.807, 2.05) is 19.1 Å². The van der Waals surface area contributed by atoms with Crippen LogP contribution >= 0.6 is 11.3 Å². The zero-order valence-electron chi connectivity index (χ0n) is 14.6. The van der Waals surface area contributed by atoms with Crippen LogP contribution in [0.3, 0.4) is 0 Å². The molecule has 6 nitrogen and oxygen atoms in total. The average molecular weight is 360 g/mol. The smallest absolute Gasteiger partial charge is 0.220 e. The monoisotopic (exact) mass is 360 g/mol. The molecule has 0 saturated heterocycles. The van der Waals surface area contributed by atoms with Gasteiger partial charge >= 0.3 is 0 Å². The number of carbonyl (C=O) groups excluding carboxylic acids is 2. The number of nitrogens with zero attached hydrogens (tertiary/aromatic N) is 3. The van der Waals surface area contributed by atoms with E-state index in [0.717, 1.165) is 40.8 Å². The van der Waals surface area contributed by atoms with Gasteiger partial charge in [-0.3, -0.25) is 9.59 Å². The summed E-state index contributed by atoms with van der Waals surface area (Å²) in [5, 5.41) is 11.4. The van der Waals surface area contributed by atoms with E-state index in [1.165, 1.54) is 24.2 Å². The van der Waals surface area contributed by atoms with Crippen LogP contribution in [-0.2, 0) is 24.2 Å². The molecule has 0 radical (unpaired) electrons. The van der Waals surface area contributed by atoms with E-state index in [-0.39, 0.29) is 24.5 Å². The SMILES string of the molecule is Cc1ccc(C(=O)CCC(=O)NCCc2nnc3n2CCCCC3)s1. The summed E-state index contributed by atoms with van der Waals surface area (Å²) in [6.07, 6.45) is 5.72. The van der Waals surface area contributed by atoms with Gasteiger partial charge in [-0.15, -0.1) is 21.5 Å². The van der Waals surface area contributed by atoms with Gasteiger partial charge < -0.3 is 9.88 Å². The minimum Gasteiger partial charge on any atom is -0.356 e. The number of aryl methyl sites for hydroxylation is 2. The van der Waals surface area contributed by atoms with Gasteiger partial charge in [0.1, 0.15) is 11.6 Å². The second-order valence-electron chi connectivity index (χ2n) is 6.43. The number of fused-ring (bicyclic) bond motifs is 1. The van der Waals surface area contributed by atoms with Gasteiger partial charge in [-0.05, 0) is 31.9 Å². The zero-order chi connectivity index (χ0) is 17.6. The lowest BCUT2D eigenvalue weighted by Crippen LogP contribution is -2.26. The average Bonchev–Trinajstić information content (AvgIpc) is 3.12. The number of nitrogens with one attached hydrogen (secondary N) is 1. The number of carbonyl (C=O) groups is 2. The standard InChI is InChI=1S/C18H24N4O2S/c1-13-6-8-15(25-13)14(23)7-9-18(24)19-11-10-17-21-20-16-5-3-2-4-12-22(16)17/h6,8H,2-5,7,9-12H2,1H3,(H,19,24). The number of hydrogen-bond donors (Lipinski definition) is 1. The minimum atomic E-state index is -0.0859. The van der Waals surface area contributed by atoms with Crippen molar-refractivity contribution in [2.24, 2.45) is 0 Å². The molecule has 2 aromatic rings. The van der Waals surface area contributed by atoms with Crippen LogP contribution in [0.25, 0.3) is 0 Å². The molecule has 1 aliphatic rings. The first kappa shape index (κ1) is 17.8. The number of amides is 1. The van der Waals surface area contributed by atoms with Crippen LogP contribution in [0.2, 0.25) is 0 Å². The second-order valence-corrected chi connectivity index (χ2v) is 7.72. The maximum absolute atomic E-state index is 12.0. The molecule has 0 saturated carbocycles. The Hall–Kier alpha value is -2.02. The quantitative estimate of drug-likeness (QED) is 0.770. The van der Waals surface area contributed by atoms with Gasteiger partial charge in [0.15, 0.2) is 5.78 Å². The van der Waals surface area contributed by atoms with Crippen molar-refractivity contribution in [2.45, 2.75) is 58.4 Å². The van der Waals surface area contributed by atoms with Crippen molar-refractivity contribution >= 4 is 23.0 Å². The first-order valence-corrected chi connectivity index (χ1v) is 9.72. The van der Waals surface area contributed by atoms with E-state index in [2.05, 4.69) is 20.1 Å². The Bertz CT molecular complexity index is 750. The summed E-state index contributed by atoms with van der Waals surface area (Å²) < 4.78 is 2.20. The fourth-order valence-electron chi connectivity index (χ4n) is 3.07.